The Labute approximate surface area is 156 Å². The molecular weight excluding hydrogens is 383 g/mol. The number of carboxylic acids is 1. The first-order valence-corrected chi connectivity index (χ1v) is 8.64. The molecule has 3 aromatic rings. The van der Waals surface area contributed by atoms with Crippen LogP contribution in [0.4, 0.5) is 4.39 Å². The Bertz CT molecular complexity index is 966. The van der Waals surface area contributed by atoms with Crippen LogP contribution in [0.3, 0.4) is 0 Å². The summed E-state index contributed by atoms with van der Waals surface area (Å²) in [6.45, 7) is 1.74. The van der Waals surface area contributed by atoms with E-state index in [1.807, 2.05) is 0 Å². The van der Waals surface area contributed by atoms with Crippen LogP contribution >= 0.6 is 23.4 Å². The number of halogens is 2. The molecule has 0 unspecified atom stereocenters. The molecule has 1 aromatic carbocycles. The van der Waals surface area contributed by atoms with Crippen LogP contribution in [-0.2, 0) is 4.79 Å². The lowest BCUT2D eigenvalue weighted by atomic mass is 10.2. The zero-order valence-corrected chi connectivity index (χ0v) is 14.9. The monoisotopic (exact) mass is 393 g/mol. The topological polar surface area (TPSA) is 96.3 Å². The van der Waals surface area contributed by atoms with Crippen molar-refractivity contribution >= 4 is 35.5 Å². The molecule has 7 nitrogen and oxygen atoms in total. The highest BCUT2D eigenvalue weighted by atomic mass is 35.5. The van der Waals surface area contributed by atoms with Gasteiger partial charge in [-0.3, -0.25) is 0 Å². The van der Waals surface area contributed by atoms with Gasteiger partial charge in [-0.05, 0) is 25.1 Å². The maximum atomic E-state index is 13.9. The third-order valence-electron chi connectivity index (χ3n) is 3.33. The van der Waals surface area contributed by atoms with E-state index in [-0.39, 0.29) is 21.5 Å². The second kappa shape index (κ2) is 7.71. The fourth-order valence-corrected chi connectivity index (χ4v) is 2.93. The Morgan fingerprint density at radius 2 is 2.27 bits per heavy atom. The molecule has 0 spiro atoms. The van der Waals surface area contributed by atoms with E-state index in [1.54, 1.807) is 13.0 Å². The van der Waals surface area contributed by atoms with Crippen LogP contribution in [0, 0.1) is 12.7 Å². The molecule has 0 aliphatic carbocycles. The molecule has 0 radical (unpaired) electrons. The summed E-state index contributed by atoms with van der Waals surface area (Å²) in [6.07, 6.45) is 2.71. The number of aromatic nitrogens is 3. The Kier molecular flexibility index (Phi) is 5.38. The summed E-state index contributed by atoms with van der Waals surface area (Å²) in [5, 5.41) is 23.3. The highest BCUT2D eigenvalue weighted by molar-refractivity contribution is 7.99. The molecule has 26 heavy (non-hydrogen) atoms. The SMILES string of the molecule is Cc1occc1-c1nnc(SCC(=O)[O-])n1N=Cc1c(F)cccc1Cl. The Hall–Kier alpha value is -2.65. The van der Waals surface area contributed by atoms with Crippen LogP contribution in [0.15, 0.2) is 45.2 Å². The molecule has 3 rings (SSSR count). The standard InChI is InChI=1S/C16H12ClFN4O3S/c1-9-10(5-6-25-9)15-20-21-16(26-8-14(23)24)22(15)19-7-11-12(17)3-2-4-13(11)18/h2-7H,8H2,1H3,(H,23,24)/p-1. The summed E-state index contributed by atoms with van der Waals surface area (Å²) in [5.41, 5.74) is 0.711. The van der Waals surface area contributed by atoms with E-state index < -0.39 is 11.8 Å². The van der Waals surface area contributed by atoms with Gasteiger partial charge in [0.2, 0.25) is 5.16 Å². The minimum absolute atomic E-state index is 0.0913. The minimum atomic E-state index is -1.26. The molecule has 10 heteroatoms. The number of carboxylic acid groups (broad SMARTS) is 1. The van der Waals surface area contributed by atoms with Gasteiger partial charge in [0.15, 0.2) is 5.82 Å². The predicted molar refractivity (Wildman–Crippen MR) is 92.6 cm³/mol. The molecule has 0 amide bonds. The molecule has 0 aliphatic heterocycles. The van der Waals surface area contributed by atoms with E-state index in [0.29, 0.717) is 17.1 Å². The highest BCUT2D eigenvalue weighted by Gasteiger charge is 2.17. The molecule has 0 N–H and O–H groups in total. The van der Waals surface area contributed by atoms with Crippen molar-refractivity contribution < 1.29 is 18.7 Å². The zero-order chi connectivity index (χ0) is 18.7. The van der Waals surface area contributed by atoms with Crippen LogP contribution in [0.5, 0.6) is 0 Å². The fraction of sp³-hybridized carbons (Fsp3) is 0.125. The van der Waals surface area contributed by atoms with Crippen molar-refractivity contribution in [3.8, 4) is 11.4 Å². The minimum Gasteiger partial charge on any atom is -0.549 e. The third kappa shape index (κ3) is 3.78. The highest BCUT2D eigenvalue weighted by Crippen LogP contribution is 2.27. The molecule has 0 fully saturated rings. The molecule has 2 aromatic heterocycles. The molecular formula is C16H11ClFN4O3S-. The number of nitrogens with zero attached hydrogens (tertiary/aromatic N) is 4. The normalized spacial score (nSPS) is 11.3. The molecule has 134 valence electrons. The molecule has 0 saturated heterocycles. The lowest BCUT2D eigenvalue weighted by Crippen LogP contribution is -2.24. The largest absolute Gasteiger partial charge is 0.549 e. The van der Waals surface area contributed by atoms with Crippen molar-refractivity contribution in [2.45, 2.75) is 12.1 Å². The third-order valence-corrected chi connectivity index (χ3v) is 4.56. The summed E-state index contributed by atoms with van der Waals surface area (Å²) < 4.78 is 20.5. The molecule has 0 saturated carbocycles. The Morgan fingerprint density at radius 1 is 1.46 bits per heavy atom. The first-order valence-electron chi connectivity index (χ1n) is 7.28. The molecule has 0 atom stereocenters. The van der Waals surface area contributed by atoms with Crippen molar-refractivity contribution in [1.29, 1.82) is 0 Å². The van der Waals surface area contributed by atoms with Crippen LogP contribution in [0.25, 0.3) is 11.4 Å². The lowest BCUT2D eigenvalue weighted by molar-refractivity contribution is -0.301. The van der Waals surface area contributed by atoms with Crippen molar-refractivity contribution in [2.75, 3.05) is 5.75 Å². The average molecular weight is 394 g/mol. The predicted octanol–water partition coefficient (Wildman–Crippen LogP) is 2.36. The quantitative estimate of drug-likeness (QED) is 0.471. The number of hydrogen-bond donors (Lipinski definition) is 0. The van der Waals surface area contributed by atoms with E-state index in [1.165, 1.54) is 35.4 Å². The molecule has 0 bridgehead atoms. The number of aliphatic carboxylic acids is 1. The second-order valence-electron chi connectivity index (χ2n) is 5.05. The first-order chi connectivity index (χ1) is 12.5. The number of benzene rings is 1. The number of thioether (sulfide) groups is 1. The van der Waals surface area contributed by atoms with Gasteiger partial charge in [-0.1, -0.05) is 29.4 Å². The van der Waals surface area contributed by atoms with Gasteiger partial charge in [0.1, 0.15) is 11.6 Å². The number of hydrogen-bond acceptors (Lipinski definition) is 7. The van der Waals surface area contributed by atoms with E-state index in [2.05, 4.69) is 15.3 Å². The first kappa shape index (κ1) is 18.2. The molecule has 2 heterocycles. The van der Waals surface area contributed by atoms with Gasteiger partial charge < -0.3 is 14.3 Å². The van der Waals surface area contributed by atoms with E-state index in [4.69, 9.17) is 16.0 Å². The maximum absolute atomic E-state index is 13.9. The molecule has 0 aliphatic rings. The second-order valence-corrected chi connectivity index (χ2v) is 6.40. The van der Waals surface area contributed by atoms with Gasteiger partial charge in [0.05, 0.1) is 29.0 Å². The van der Waals surface area contributed by atoms with E-state index in [9.17, 15) is 14.3 Å². The number of carbonyl (C=O) groups is 1. The maximum Gasteiger partial charge on any atom is 0.212 e. The number of carbonyl (C=O) groups excluding carboxylic acids is 1. The van der Waals surface area contributed by atoms with Gasteiger partial charge in [-0.25, -0.2) is 4.39 Å². The van der Waals surface area contributed by atoms with Gasteiger partial charge in [0.25, 0.3) is 0 Å². The van der Waals surface area contributed by atoms with Gasteiger partial charge in [0, 0.05) is 11.3 Å². The van der Waals surface area contributed by atoms with Crippen LogP contribution in [0.2, 0.25) is 5.02 Å². The zero-order valence-electron chi connectivity index (χ0n) is 13.3. The number of aryl methyl sites for hydroxylation is 1. The Balaban J connectivity index is 2.05. The van der Waals surface area contributed by atoms with Crippen LogP contribution < -0.4 is 5.11 Å². The smallest absolute Gasteiger partial charge is 0.212 e. The van der Waals surface area contributed by atoms with Gasteiger partial charge >= 0.3 is 0 Å². The summed E-state index contributed by atoms with van der Waals surface area (Å²) >= 11 is 6.88. The van der Waals surface area contributed by atoms with Crippen molar-refractivity contribution in [3.05, 3.63) is 52.7 Å². The van der Waals surface area contributed by atoms with Crippen LogP contribution in [0.1, 0.15) is 11.3 Å². The summed E-state index contributed by atoms with van der Waals surface area (Å²) in [4.78, 5) is 10.7. The number of rotatable bonds is 6. The average Bonchev–Trinajstić information content (AvgIpc) is 3.18. The fourth-order valence-electron chi connectivity index (χ4n) is 2.12. The lowest BCUT2D eigenvalue weighted by Gasteiger charge is -2.05. The van der Waals surface area contributed by atoms with Crippen molar-refractivity contribution in [2.24, 2.45) is 5.10 Å². The summed E-state index contributed by atoms with van der Waals surface area (Å²) in [7, 11) is 0. The number of furan rings is 1. The van der Waals surface area contributed by atoms with Crippen molar-refractivity contribution in [1.82, 2.24) is 14.9 Å². The summed E-state index contributed by atoms with van der Waals surface area (Å²) in [5.74, 6) is -1.24. The van der Waals surface area contributed by atoms with Gasteiger partial charge in [-0.15, -0.1) is 10.2 Å². The Morgan fingerprint density at radius 3 is 2.92 bits per heavy atom. The van der Waals surface area contributed by atoms with Crippen LogP contribution in [-0.4, -0.2) is 32.8 Å². The van der Waals surface area contributed by atoms with Gasteiger partial charge in [-0.2, -0.15) is 9.78 Å². The van der Waals surface area contributed by atoms with Crippen molar-refractivity contribution in [3.63, 3.8) is 0 Å². The van der Waals surface area contributed by atoms with E-state index in [0.717, 1.165) is 11.8 Å². The van der Waals surface area contributed by atoms with E-state index >= 15 is 0 Å². The summed E-state index contributed by atoms with van der Waals surface area (Å²) in [6, 6.07) is 5.95.